The molecule has 5 heteroatoms. The van der Waals surface area contributed by atoms with Gasteiger partial charge in [0.05, 0.1) is 7.11 Å². The van der Waals surface area contributed by atoms with Crippen LogP contribution in [0.3, 0.4) is 0 Å². The van der Waals surface area contributed by atoms with Crippen molar-refractivity contribution in [1.29, 1.82) is 0 Å². The van der Waals surface area contributed by atoms with Gasteiger partial charge in [0.1, 0.15) is 4.75 Å². The molecule has 0 bridgehead atoms. The average molecular weight is 287 g/mol. The first kappa shape index (κ1) is 16.3. The van der Waals surface area contributed by atoms with Crippen LogP contribution in [0, 0.1) is 5.82 Å². The fourth-order valence-corrected chi connectivity index (χ4v) is 2.30. The Kier molecular flexibility index (Phi) is 6.10. The average Bonchev–Trinajstić information content (AvgIpc) is 2.33. The van der Waals surface area contributed by atoms with Crippen LogP contribution in [0.5, 0.6) is 5.75 Å². The predicted molar refractivity (Wildman–Crippen MR) is 77.2 cm³/mol. The first-order valence-corrected chi connectivity index (χ1v) is 7.47. The molecule has 3 nitrogen and oxygen atoms in total. The largest absolute Gasteiger partial charge is 0.598 e. The van der Waals surface area contributed by atoms with Crippen LogP contribution >= 0.6 is 0 Å². The van der Waals surface area contributed by atoms with E-state index in [0.717, 1.165) is 18.4 Å². The maximum atomic E-state index is 13.5. The Morgan fingerprint density at radius 3 is 2.58 bits per heavy atom. The zero-order valence-corrected chi connectivity index (χ0v) is 12.8. The molecule has 0 aromatic heterocycles. The molecule has 1 rings (SSSR count). The molecule has 0 radical (unpaired) electrons. The minimum absolute atomic E-state index is 0.258. The normalized spacial score (nSPS) is 13.4. The van der Waals surface area contributed by atoms with Crippen molar-refractivity contribution >= 4 is 11.4 Å². The number of rotatable bonds is 6. The second-order valence-electron chi connectivity index (χ2n) is 5.35. The van der Waals surface area contributed by atoms with Gasteiger partial charge in [0, 0.05) is 17.9 Å². The third-order valence-corrected chi connectivity index (χ3v) is 4.23. The van der Waals surface area contributed by atoms with E-state index in [4.69, 9.17) is 4.74 Å². The Morgan fingerprint density at radius 2 is 2.05 bits per heavy atom. The van der Waals surface area contributed by atoms with Crippen LogP contribution in [0.1, 0.15) is 32.8 Å². The topological polar surface area (TPSA) is 44.3 Å². The molecule has 108 valence electrons. The zero-order valence-electron chi connectivity index (χ0n) is 12.0. The minimum Gasteiger partial charge on any atom is -0.598 e. The molecule has 1 aromatic carbocycles. The maximum Gasteiger partial charge on any atom is 0.165 e. The summed E-state index contributed by atoms with van der Waals surface area (Å²) in [6.07, 6.45) is 1.56. The highest BCUT2D eigenvalue weighted by atomic mass is 32.2. The van der Waals surface area contributed by atoms with E-state index >= 15 is 0 Å². The first-order valence-electron chi connectivity index (χ1n) is 6.32. The van der Waals surface area contributed by atoms with Gasteiger partial charge in [0.25, 0.3) is 0 Å². The molecule has 0 aliphatic heterocycles. The summed E-state index contributed by atoms with van der Waals surface area (Å²) in [5.74, 6) is -0.0815. The molecule has 1 N–H and O–H groups in total. The van der Waals surface area contributed by atoms with Crippen molar-refractivity contribution in [3.63, 3.8) is 0 Å². The molecular weight excluding hydrogens is 265 g/mol. The second-order valence-corrected chi connectivity index (χ2v) is 7.40. The molecule has 0 heterocycles. The zero-order chi connectivity index (χ0) is 14.5. The lowest BCUT2D eigenvalue weighted by molar-refractivity contribution is 0.386. The predicted octanol–water partition coefficient (Wildman–Crippen LogP) is 2.82. The molecule has 0 saturated heterocycles. The number of hydrogen-bond donors (Lipinski definition) is 1. The number of nitrogens with one attached hydrogen (secondary N) is 1. The van der Waals surface area contributed by atoms with Gasteiger partial charge in [-0.1, -0.05) is 6.07 Å². The van der Waals surface area contributed by atoms with Gasteiger partial charge in [-0.25, -0.2) is 4.39 Å². The summed E-state index contributed by atoms with van der Waals surface area (Å²) in [7, 11) is 1.45. The van der Waals surface area contributed by atoms with Crippen molar-refractivity contribution in [2.24, 2.45) is 0 Å². The number of aryl methyl sites for hydroxylation is 1. The standard InChI is InChI=1S/C14H22FNO2S/c1-14(2,3)19(17)16-9-5-6-11-7-8-13(18-4)12(15)10-11/h7-8,10,16H,5-6,9H2,1-4H3/t19-/m0/s1. The van der Waals surface area contributed by atoms with E-state index < -0.39 is 11.4 Å². The van der Waals surface area contributed by atoms with Gasteiger partial charge < -0.3 is 9.29 Å². The lowest BCUT2D eigenvalue weighted by atomic mass is 10.1. The minimum atomic E-state index is -1.05. The van der Waals surface area contributed by atoms with E-state index in [2.05, 4.69) is 4.72 Å². The van der Waals surface area contributed by atoms with Crippen molar-refractivity contribution in [3.05, 3.63) is 29.6 Å². The molecular formula is C14H22FNO2S. The molecule has 0 spiro atoms. The number of methoxy groups -OCH3 is 1. The van der Waals surface area contributed by atoms with E-state index in [-0.39, 0.29) is 16.3 Å². The number of halogens is 1. The summed E-state index contributed by atoms with van der Waals surface area (Å²) in [5.41, 5.74) is 0.918. The molecule has 1 aromatic rings. The van der Waals surface area contributed by atoms with E-state index in [9.17, 15) is 8.94 Å². The number of benzene rings is 1. The van der Waals surface area contributed by atoms with Gasteiger partial charge in [-0.05, 0) is 51.3 Å². The molecule has 0 saturated carbocycles. The molecule has 0 fully saturated rings. The fraction of sp³-hybridized carbons (Fsp3) is 0.571. The summed E-state index contributed by atoms with van der Waals surface area (Å²) < 4.78 is 32.8. The van der Waals surface area contributed by atoms with E-state index in [1.807, 2.05) is 26.8 Å². The lowest BCUT2D eigenvalue weighted by Gasteiger charge is -2.23. The van der Waals surface area contributed by atoms with Crippen LogP contribution in [-0.4, -0.2) is 23.0 Å². The Morgan fingerprint density at radius 1 is 1.37 bits per heavy atom. The van der Waals surface area contributed by atoms with Crippen molar-refractivity contribution < 1.29 is 13.7 Å². The van der Waals surface area contributed by atoms with Crippen molar-refractivity contribution in [1.82, 2.24) is 4.72 Å². The quantitative estimate of drug-likeness (QED) is 0.646. The van der Waals surface area contributed by atoms with Gasteiger partial charge in [-0.15, -0.1) is 4.72 Å². The van der Waals surface area contributed by atoms with E-state index in [0.29, 0.717) is 6.54 Å². The van der Waals surface area contributed by atoms with Crippen LogP contribution < -0.4 is 9.46 Å². The van der Waals surface area contributed by atoms with Crippen LogP contribution in [0.2, 0.25) is 0 Å². The first-order chi connectivity index (χ1) is 8.84. The molecule has 0 aliphatic rings. The fourth-order valence-electron chi connectivity index (χ4n) is 1.54. The van der Waals surface area contributed by atoms with Crippen molar-refractivity contribution in [3.8, 4) is 5.75 Å². The molecule has 1 atom stereocenters. The Bertz CT molecular complexity index is 407. The van der Waals surface area contributed by atoms with Crippen LogP contribution in [0.15, 0.2) is 18.2 Å². The highest BCUT2D eigenvalue weighted by Gasteiger charge is 2.25. The maximum absolute atomic E-state index is 13.5. The van der Waals surface area contributed by atoms with Gasteiger partial charge in [-0.3, -0.25) is 0 Å². The van der Waals surface area contributed by atoms with Gasteiger partial charge in [-0.2, -0.15) is 0 Å². The van der Waals surface area contributed by atoms with Crippen LogP contribution in [-0.2, 0) is 17.8 Å². The van der Waals surface area contributed by atoms with Gasteiger partial charge in [0.2, 0.25) is 0 Å². The van der Waals surface area contributed by atoms with Crippen molar-refractivity contribution in [2.45, 2.75) is 38.4 Å². The lowest BCUT2D eigenvalue weighted by Crippen LogP contribution is -2.39. The van der Waals surface area contributed by atoms with Crippen LogP contribution in [0.4, 0.5) is 4.39 Å². The Balaban J connectivity index is 2.36. The summed E-state index contributed by atoms with van der Waals surface area (Å²) in [6, 6.07) is 4.97. The van der Waals surface area contributed by atoms with Crippen LogP contribution in [0.25, 0.3) is 0 Å². The summed E-state index contributed by atoms with van der Waals surface area (Å²) in [4.78, 5) is 0. The summed E-state index contributed by atoms with van der Waals surface area (Å²) in [6.45, 7) is 6.43. The monoisotopic (exact) mass is 287 g/mol. The number of hydrogen-bond acceptors (Lipinski definition) is 3. The highest BCUT2D eigenvalue weighted by Crippen LogP contribution is 2.18. The Labute approximate surface area is 117 Å². The van der Waals surface area contributed by atoms with E-state index in [1.54, 1.807) is 6.07 Å². The molecule has 19 heavy (non-hydrogen) atoms. The van der Waals surface area contributed by atoms with Gasteiger partial charge in [0.15, 0.2) is 11.6 Å². The second kappa shape index (κ2) is 7.12. The molecule has 0 unspecified atom stereocenters. The van der Waals surface area contributed by atoms with Gasteiger partial charge >= 0.3 is 0 Å². The highest BCUT2D eigenvalue weighted by molar-refractivity contribution is 7.90. The Hall–Kier alpha value is -0.780. The molecule has 0 aliphatic carbocycles. The third-order valence-electron chi connectivity index (χ3n) is 2.65. The summed E-state index contributed by atoms with van der Waals surface area (Å²) in [5, 5.41) is 0. The van der Waals surface area contributed by atoms with E-state index in [1.165, 1.54) is 13.2 Å². The smallest absolute Gasteiger partial charge is 0.165 e. The molecule has 0 amide bonds. The summed E-state index contributed by atoms with van der Waals surface area (Å²) >= 11 is -1.05. The SMILES string of the molecule is COc1ccc(CCCN[S@@+]([O-])C(C)(C)C)cc1F. The van der Waals surface area contributed by atoms with Crippen molar-refractivity contribution in [2.75, 3.05) is 13.7 Å². The third kappa shape index (κ3) is 5.38. The number of ether oxygens (including phenoxy) is 1.